The third kappa shape index (κ3) is 3.63. The van der Waals surface area contributed by atoms with E-state index in [1.54, 1.807) is 25.2 Å². The highest BCUT2D eigenvalue weighted by molar-refractivity contribution is 9.10. The van der Waals surface area contributed by atoms with Crippen LogP contribution in [0.3, 0.4) is 0 Å². The van der Waals surface area contributed by atoms with E-state index in [0.29, 0.717) is 28.1 Å². The Hall–Kier alpha value is -2.08. The Morgan fingerprint density at radius 2 is 2.00 bits per heavy atom. The zero-order valence-corrected chi connectivity index (χ0v) is 15.7. The van der Waals surface area contributed by atoms with Gasteiger partial charge in [-0.3, -0.25) is 4.79 Å². The Labute approximate surface area is 154 Å². The van der Waals surface area contributed by atoms with Gasteiger partial charge in [-0.15, -0.1) is 0 Å². The van der Waals surface area contributed by atoms with Gasteiger partial charge in [-0.2, -0.15) is 0 Å². The number of likely N-dealkylation sites (tertiary alicyclic amines) is 1. The summed E-state index contributed by atoms with van der Waals surface area (Å²) in [6, 6.07) is 9.69. The van der Waals surface area contributed by atoms with Crippen LogP contribution in [0.5, 0.6) is 11.5 Å². The van der Waals surface area contributed by atoms with Crippen LogP contribution in [0.25, 0.3) is 0 Å². The first-order valence-electron chi connectivity index (χ1n) is 8.02. The molecular formula is C19H19BrFNO3. The van der Waals surface area contributed by atoms with Crippen LogP contribution in [0, 0.1) is 5.82 Å². The van der Waals surface area contributed by atoms with E-state index < -0.39 is 5.82 Å². The molecule has 2 aromatic rings. The van der Waals surface area contributed by atoms with Gasteiger partial charge in [0.15, 0.2) is 0 Å². The molecule has 0 radical (unpaired) electrons. The number of benzene rings is 2. The molecule has 4 nitrogen and oxygen atoms in total. The van der Waals surface area contributed by atoms with Gasteiger partial charge in [0.25, 0.3) is 5.91 Å². The summed E-state index contributed by atoms with van der Waals surface area (Å²) in [5.41, 5.74) is 1.24. The second-order valence-electron chi connectivity index (χ2n) is 5.92. The standard InChI is InChI=1S/C19H19BrFNO3/c1-24-15-5-6-18(25-2)16(11-15)17-4-3-7-22(17)19(23)12-8-13(20)10-14(21)9-12/h5-6,8-11,17H,3-4,7H2,1-2H3. The molecule has 3 rings (SSSR count). The van der Waals surface area contributed by atoms with E-state index in [1.807, 2.05) is 18.2 Å². The van der Waals surface area contributed by atoms with Crippen molar-refractivity contribution in [1.29, 1.82) is 0 Å². The molecule has 0 bridgehead atoms. The zero-order valence-electron chi connectivity index (χ0n) is 14.1. The van der Waals surface area contributed by atoms with Crippen molar-refractivity contribution in [2.24, 2.45) is 0 Å². The third-order valence-electron chi connectivity index (χ3n) is 4.42. The maximum Gasteiger partial charge on any atom is 0.254 e. The quantitative estimate of drug-likeness (QED) is 0.744. The molecule has 1 aliphatic rings. The Balaban J connectivity index is 1.96. The lowest BCUT2D eigenvalue weighted by molar-refractivity contribution is 0.0733. The number of hydrogen-bond donors (Lipinski definition) is 0. The molecule has 1 saturated heterocycles. The van der Waals surface area contributed by atoms with Crippen LogP contribution >= 0.6 is 15.9 Å². The molecule has 1 atom stereocenters. The summed E-state index contributed by atoms with van der Waals surface area (Å²) in [5, 5.41) is 0. The molecule has 1 fully saturated rings. The Morgan fingerprint density at radius 1 is 1.20 bits per heavy atom. The van der Waals surface area contributed by atoms with E-state index >= 15 is 0 Å². The lowest BCUT2D eigenvalue weighted by Gasteiger charge is -2.27. The van der Waals surface area contributed by atoms with Gasteiger partial charge in [0.05, 0.1) is 20.3 Å². The molecule has 1 unspecified atom stereocenters. The summed E-state index contributed by atoms with van der Waals surface area (Å²) >= 11 is 3.24. The van der Waals surface area contributed by atoms with E-state index in [1.165, 1.54) is 12.1 Å². The van der Waals surface area contributed by atoms with Crippen LogP contribution in [0.1, 0.15) is 34.8 Å². The normalized spacial score (nSPS) is 16.8. The number of nitrogens with zero attached hydrogens (tertiary/aromatic N) is 1. The summed E-state index contributed by atoms with van der Waals surface area (Å²) in [5.74, 6) is 0.800. The molecule has 1 amide bonds. The number of hydrogen-bond acceptors (Lipinski definition) is 3. The van der Waals surface area contributed by atoms with Crippen molar-refractivity contribution in [3.05, 3.63) is 57.8 Å². The Kier molecular flexibility index (Phi) is 5.27. The fraction of sp³-hybridized carbons (Fsp3) is 0.316. The van der Waals surface area contributed by atoms with Crippen molar-refractivity contribution >= 4 is 21.8 Å². The third-order valence-corrected chi connectivity index (χ3v) is 4.88. The molecule has 6 heteroatoms. The van der Waals surface area contributed by atoms with E-state index in [9.17, 15) is 9.18 Å². The maximum absolute atomic E-state index is 13.7. The number of carbonyl (C=O) groups excluding carboxylic acids is 1. The van der Waals surface area contributed by atoms with Gasteiger partial charge in [-0.05, 0) is 49.2 Å². The van der Waals surface area contributed by atoms with Crippen molar-refractivity contribution in [2.45, 2.75) is 18.9 Å². The topological polar surface area (TPSA) is 38.8 Å². The van der Waals surface area contributed by atoms with Crippen LogP contribution in [0.2, 0.25) is 0 Å². The average molecular weight is 408 g/mol. The fourth-order valence-corrected chi connectivity index (χ4v) is 3.74. The highest BCUT2D eigenvalue weighted by atomic mass is 79.9. The van der Waals surface area contributed by atoms with Crippen molar-refractivity contribution in [2.75, 3.05) is 20.8 Å². The molecule has 0 saturated carbocycles. The minimum Gasteiger partial charge on any atom is -0.497 e. The minimum absolute atomic E-state index is 0.125. The predicted octanol–water partition coefficient (Wildman–Crippen LogP) is 4.58. The lowest BCUT2D eigenvalue weighted by Crippen LogP contribution is -2.30. The molecule has 2 aromatic carbocycles. The lowest BCUT2D eigenvalue weighted by atomic mass is 10.0. The second kappa shape index (κ2) is 7.44. The number of halogens is 2. The molecule has 1 heterocycles. The molecule has 1 aliphatic heterocycles. The number of ether oxygens (including phenoxy) is 2. The van der Waals surface area contributed by atoms with Crippen LogP contribution in [0.15, 0.2) is 40.9 Å². The van der Waals surface area contributed by atoms with Gasteiger partial charge in [-0.1, -0.05) is 15.9 Å². The van der Waals surface area contributed by atoms with Crippen molar-refractivity contribution in [3.8, 4) is 11.5 Å². The van der Waals surface area contributed by atoms with E-state index in [4.69, 9.17) is 9.47 Å². The summed E-state index contributed by atoms with van der Waals surface area (Å²) in [6.07, 6.45) is 1.71. The molecule has 132 valence electrons. The predicted molar refractivity (Wildman–Crippen MR) is 96.7 cm³/mol. The number of rotatable bonds is 4. The number of amides is 1. The summed E-state index contributed by atoms with van der Waals surface area (Å²) in [4.78, 5) is 14.7. The molecule has 0 aromatic heterocycles. The van der Waals surface area contributed by atoms with Gasteiger partial charge in [0.1, 0.15) is 17.3 Å². The maximum atomic E-state index is 13.7. The summed E-state index contributed by atoms with van der Waals surface area (Å²) in [7, 11) is 3.21. The highest BCUT2D eigenvalue weighted by Crippen LogP contribution is 2.39. The first-order chi connectivity index (χ1) is 12.0. The van der Waals surface area contributed by atoms with Crippen LogP contribution in [-0.2, 0) is 0 Å². The summed E-state index contributed by atoms with van der Waals surface area (Å²) in [6.45, 7) is 0.623. The highest BCUT2D eigenvalue weighted by Gasteiger charge is 2.33. The minimum atomic E-state index is -0.438. The zero-order chi connectivity index (χ0) is 18.0. The van der Waals surface area contributed by atoms with Gasteiger partial charge in [0.2, 0.25) is 0 Å². The van der Waals surface area contributed by atoms with Crippen LogP contribution in [-0.4, -0.2) is 31.6 Å². The fourth-order valence-electron chi connectivity index (χ4n) is 3.28. The first kappa shape index (κ1) is 17.7. The molecule has 0 spiro atoms. The van der Waals surface area contributed by atoms with Crippen molar-refractivity contribution in [1.82, 2.24) is 4.90 Å². The van der Waals surface area contributed by atoms with Gasteiger partial charge < -0.3 is 14.4 Å². The van der Waals surface area contributed by atoms with E-state index in [0.717, 1.165) is 18.4 Å². The second-order valence-corrected chi connectivity index (χ2v) is 6.84. The van der Waals surface area contributed by atoms with Gasteiger partial charge in [0, 0.05) is 22.1 Å². The van der Waals surface area contributed by atoms with E-state index in [2.05, 4.69) is 15.9 Å². The average Bonchev–Trinajstić information content (AvgIpc) is 3.09. The smallest absolute Gasteiger partial charge is 0.254 e. The first-order valence-corrected chi connectivity index (χ1v) is 8.81. The van der Waals surface area contributed by atoms with Crippen molar-refractivity contribution in [3.63, 3.8) is 0 Å². The summed E-state index contributed by atoms with van der Waals surface area (Å²) < 4.78 is 25.0. The molecule has 0 aliphatic carbocycles. The molecule has 0 N–H and O–H groups in total. The van der Waals surface area contributed by atoms with Gasteiger partial charge in [-0.25, -0.2) is 4.39 Å². The number of methoxy groups -OCH3 is 2. The SMILES string of the molecule is COc1ccc(OC)c(C2CCCN2C(=O)c2cc(F)cc(Br)c2)c1. The van der Waals surface area contributed by atoms with Crippen LogP contribution < -0.4 is 9.47 Å². The van der Waals surface area contributed by atoms with Gasteiger partial charge >= 0.3 is 0 Å². The Morgan fingerprint density at radius 3 is 2.68 bits per heavy atom. The number of carbonyl (C=O) groups is 1. The largest absolute Gasteiger partial charge is 0.497 e. The van der Waals surface area contributed by atoms with E-state index in [-0.39, 0.29) is 11.9 Å². The molecule has 25 heavy (non-hydrogen) atoms. The molecular weight excluding hydrogens is 389 g/mol. The van der Waals surface area contributed by atoms with Crippen molar-refractivity contribution < 1.29 is 18.7 Å². The monoisotopic (exact) mass is 407 g/mol. The Bertz CT molecular complexity index is 776. The van der Waals surface area contributed by atoms with Crippen LogP contribution in [0.4, 0.5) is 4.39 Å².